The van der Waals surface area contributed by atoms with Crippen LogP contribution in [0.3, 0.4) is 0 Å². The van der Waals surface area contributed by atoms with Crippen molar-refractivity contribution < 1.29 is 0 Å². The van der Waals surface area contributed by atoms with Gasteiger partial charge >= 0.3 is 0 Å². The summed E-state index contributed by atoms with van der Waals surface area (Å²) in [7, 11) is 0. The lowest BCUT2D eigenvalue weighted by molar-refractivity contribution is 0.632. The third kappa shape index (κ3) is 1.74. The molecular weight excluding hydrogens is 278 g/mol. The second-order valence-corrected chi connectivity index (χ2v) is 6.18. The van der Waals surface area contributed by atoms with Crippen LogP contribution in [0.1, 0.15) is 36.0 Å². The summed E-state index contributed by atoms with van der Waals surface area (Å²) >= 11 is 0. The molecule has 1 aliphatic heterocycles. The molecule has 1 aliphatic carbocycles. The van der Waals surface area contributed by atoms with Crippen LogP contribution in [-0.4, -0.2) is 35.7 Å². The fraction of sp³-hybridized carbons (Fsp3) is 0.467. The average Bonchev–Trinajstić information content (AvgIpc) is 3.10. The van der Waals surface area contributed by atoms with E-state index >= 15 is 0 Å². The van der Waals surface area contributed by atoms with Gasteiger partial charge in [0.2, 0.25) is 0 Å². The van der Waals surface area contributed by atoms with Crippen molar-refractivity contribution in [3.05, 3.63) is 35.8 Å². The van der Waals surface area contributed by atoms with Gasteiger partial charge in [0.25, 0.3) is 5.78 Å². The minimum absolute atomic E-state index is 0.657. The first kappa shape index (κ1) is 12.1. The maximum Gasteiger partial charge on any atom is 0.254 e. The third-order valence-electron chi connectivity index (χ3n) is 4.57. The molecular formula is C15H17N7. The summed E-state index contributed by atoms with van der Waals surface area (Å²) < 4.78 is 4.20. The molecule has 0 radical (unpaired) electrons. The molecule has 3 aromatic rings. The van der Waals surface area contributed by atoms with Crippen molar-refractivity contribution in [2.45, 2.75) is 38.8 Å². The molecule has 0 unspecified atom stereocenters. The lowest BCUT2D eigenvalue weighted by Gasteiger charge is -2.29. The SMILES string of the molecule is Cc1cc(N2CCc3c(ncn3C3CC3)C2)n2ncnc2n1. The van der Waals surface area contributed by atoms with Crippen LogP contribution >= 0.6 is 0 Å². The topological polar surface area (TPSA) is 64.1 Å². The van der Waals surface area contributed by atoms with Crippen molar-refractivity contribution in [3.8, 4) is 0 Å². The first-order valence-corrected chi connectivity index (χ1v) is 7.76. The van der Waals surface area contributed by atoms with E-state index in [0.717, 1.165) is 31.0 Å². The highest BCUT2D eigenvalue weighted by Crippen LogP contribution is 2.37. The summed E-state index contributed by atoms with van der Waals surface area (Å²) in [4.78, 5) is 15.6. The van der Waals surface area contributed by atoms with E-state index in [-0.39, 0.29) is 0 Å². The Balaban J connectivity index is 1.54. The second kappa shape index (κ2) is 4.28. The minimum Gasteiger partial charge on any atom is -0.350 e. The third-order valence-corrected chi connectivity index (χ3v) is 4.57. The zero-order valence-corrected chi connectivity index (χ0v) is 12.5. The molecule has 0 N–H and O–H groups in total. The van der Waals surface area contributed by atoms with Crippen LogP contribution in [0.2, 0.25) is 0 Å². The molecule has 0 saturated heterocycles. The molecule has 2 aliphatic rings. The van der Waals surface area contributed by atoms with Crippen LogP contribution in [-0.2, 0) is 13.0 Å². The molecule has 0 aromatic carbocycles. The maximum atomic E-state index is 4.64. The summed E-state index contributed by atoms with van der Waals surface area (Å²) in [6.07, 6.45) is 7.21. The summed E-state index contributed by atoms with van der Waals surface area (Å²) in [5.41, 5.74) is 3.57. The Bertz CT molecular complexity index is 858. The van der Waals surface area contributed by atoms with E-state index in [1.807, 2.05) is 17.8 Å². The van der Waals surface area contributed by atoms with Gasteiger partial charge in [0.05, 0.1) is 18.6 Å². The smallest absolute Gasteiger partial charge is 0.254 e. The zero-order chi connectivity index (χ0) is 14.7. The van der Waals surface area contributed by atoms with Gasteiger partial charge in [0.15, 0.2) is 0 Å². The van der Waals surface area contributed by atoms with E-state index in [4.69, 9.17) is 0 Å². The predicted molar refractivity (Wildman–Crippen MR) is 80.8 cm³/mol. The number of imidazole rings is 1. The van der Waals surface area contributed by atoms with Gasteiger partial charge < -0.3 is 9.47 Å². The van der Waals surface area contributed by atoms with E-state index in [9.17, 15) is 0 Å². The summed E-state index contributed by atoms with van der Waals surface area (Å²) in [5.74, 6) is 1.70. The number of hydrogen-bond acceptors (Lipinski definition) is 5. The van der Waals surface area contributed by atoms with Crippen molar-refractivity contribution in [1.29, 1.82) is 0 Å². The van der Waals surface area contributed by atoms with E-state index in [0.29, 0.717) is 11.8 Å². The van der Waals surface area contributed by atoms with Crippen LogP contribution in [0.4, 0.5) is 5.82 Å². The molecule has 4 heterocycles. The molecule has 0 bridgehead atoms. The van der Waals surface area contributed by atoms with Crippen molar-refractivity contribution in [2.24, 2.45) is 0 Å². The van der Waals surface area contributed by atoms with Gasteiger partial charge in [0, 0.05) is 36.5 Å². The van der Waals surface area contributed by atoms with Gasteiger partial charge in [-0.25, -0.2) is 9.97 Å². The first-order chi connectivity index (χ1) is 10.8. The van der Waals surface area contributed by atoms with Crippen molar-refractivity contribution in [1.82, 2.24) is 29.1 Å². The number of aromatic nitrogens is 6. The number of rotatable bonds is 2. The summed E-state index contributed by atoms with van der Waals surface area (Å²) in [6.45, 7) is 3.80. The molecule has 3 aromatic heterocycles. The standard InChI is InChI=1S/C15H17N7/c1-10-6-14(22-15(19-10)16-8-18-22)20-5-4-13-12(7-20)17-9-21(13)11-2-3-11/h6,8-9,11H,2-5,7H2,1H3. The summed E-state index contributed by atoms with van der Waals surface area (Å²) in [5, 5.41) is 4.31. The minimum atomic E-state index is 0.657. The Labute approximate surface area is 127 Å². The fourth-order valence-corrected chi connectivity index (χ4v) is 3.33. The highest BCUT2D eigenvalue weighted by Gasteiger charge is 2.30. The molecule has 112 valence electrons. The highest BCUT2D eigenvalue weighted by molar-refractivity contribution is 5.48. The van der Waals surface area contributed by atoms with Gasteiger partial charge in [-0.15, -0.1) is 0 Å². The number of anilines is 1. The molecule has 0 spiro atoms. The van der Waals surface area contributed by atoms with E-state index in [2.05, 4.69) is 35.6 Å². The van der Waals surface area contributed by atoms with Crippen molar-refractivity contribution >= 4 is 11.6 Å². The highest BCUT2D eigenvalue weighted by atomic mass is 15.4. The van der Waals surface area contributed by atoms with Gasteiger partial charge in [-0.3, -0.25) is 0 Å². The Morgan fingerprint density at radius 2 is 2.14 bits per heavy atom. The van der Waals surface area contributed by atoms with Gasteiger partial charge in [0.1, 0.15) is 12.1 Å². The van der Waals surface area contributed by atoms with E-state index in [1.54, 1.807) is 6.33 Å². The molecule has 0 atom stereocenters. The Kier molecular flexibility index (Phi) is 2.36. The summed E-state index contributed by atoms with van der Waals surface area (Å²) in [6, 6.07) is 2.78. The zero-order valence-electron chi connectivity index (χ0n) is 12.5. The number of nitrogens with zero attached hydrogens (tertiary/aromatic N) is 7. The average molecular weight is 295 g/mol. The number of aryl methyl sites for hydroxylation is 1. The van der Waals surface area contributed by atoms with Gasteiger partial charge in [-0.05, 0) is 19.8 Å². The largest absolute Gasteiger partial charge is 0.350 e. The molecule has 22 heavy (non-hydrogen) atoms. The van der Waals surface area contributed by atoms with Crippen LogP contribution in [0.25, 0.3) is 5.78 Å². The van der Waals surface area contributed by atoms with Crippen LogP contribution in [0.5, 0.6) is 0 Å². The van der Waals surface area contributed by atoms with Crippen LogP contribution < -0.4 is 4.90 Å². The van der Waals surface area contributed by atoms with Crippen molar-refractivity contribution in [3.63, 3.8) is 0 Å². The molecule has 0 amide bonds. The molecule has 1 fully saturated rings. The normalized spacial score (nSPS) is 18.0. The molecule has 7 nitrogen and oxygen atoms in total. The molecule has 1 saturated carbocycles. The second-order valence-electron chi connectivity index (χ2n) is 6.18. The van der Waals surface area contributed by atoms with Crippen LogP contribution in [0.15, 0.2) is 18.7 Å². The quantitative estimate of drug-likeness (QED) is 0.717. The van der Waals surface area contributed by atoms with Gasteiger partial charge in [-0.1, -0.05) is 0 Å². The number of hydrogen-bond donors (Lipinski definition) is 0. The lowest BCUT2D eigenvalue weighted by Crippen LogP contribution is -2.33. The van der Waals surface area contributed by atoms with E-state index in [1.165, 1.54) is 24.2 Å². The fourth-order valence-electron chi connectivity index (χ4n) is 3.33. The Morgan fingerprint density at radius 3 is 3.00 bits per heavy atom. The van der Waals surface area contributed by atoms with Crippen molar-refractivity contribution in [2.75, 3.05) is 11.4 Å². The maximum absolute atomic E-state index is 4.64. The molecule has 7 heteroatoms. The molecule has 5 rings (SSSR count). The van der Waals surface area contributed by atoms with E-state index < -0.39 is 0 Å². The van der Waals surface area contributed by atoms with Crippen LogP contribution in [0, 0.1) is 6.92 Å². The van der Waals surface area contributed by atoms with Gasteiger partial charge in [-0.2, -0.15) is 14.6 Å². The Hall–Kier alpha value is -2.44. The lowest BCUT2D eigenvalue weighted by atomic mass is 10.1. The Morgan fingerprint density at radius 1 is 1.23 bits per heavy atom. The predicted octanol–water partition coefficient (Wildman–Crippen LogP) is 1.53. The number of fused-ring (bicyclic) bond motifs is 2. The monoisotopic (exact) mass is 295 g/mol. The first-order valence-electron chi connectivity index (χ1n) is 7.76.